The minimum atomic E-state index is 0.300. The summed E-state index contributed by atoms with van der Waals surface area (Å²) in [6, 6.07) is 0. The zero-order chi connectivity index (χ0) is 16.1. The zero-order valence-corrected chi connectivity index (χ0v) is 14.2. The molecule has 0 spiro atoms. The molecular formula is C17H29N5O. The Morgan fingerprint density at radius 2 is 2.13 bits per heavy atom. The lowest BCUT2D eigenvalue weighted by Gasteiger charge is -2.38. The number of amides is 1. The van der Waals surface area contributed by atoms with Crippen LogP contribution in [0.2, 0.25) is 0 Å². The van der Waals surface area contributed by atoms with Crippen LogP contribution in [-0.4, -0.2) is 83.7 Å². The number of aryl methyl sites for hydroxylation is 1. The van der Waals surface area contributed by atoms with Gasteiger partial charge in [-0.15, -0.1) is 0 Å². The van der Waals surface area contributed by atoms with Crippen molar-refractivity contribution in [2.24, 2.45) is 5.92 Å². The van der Waals surface area contributed by atoms with E-state index in [1.54, 1.807) is 6.20 Å². The molecule has 1 atom stereocenters. The first kappa shape index (κ1) is 16.5. The number of H-pyrrole nitrogens is 1. The van der Waals surface area contributed by atoms with Crippen LogP contribution in [0.25, 0.3) is 0 Å². The van der Waals surface area contributed by atoms with Gasteiger partial charge >= 0.3 is 0 Å². The van der Waals surface area contributed by atoms with Gasteiger partial charge in [0.1, 0.15) is 0 Å². The highest BCUT2D eigenvalue weighted by Gasteiger charge is 2.26. The predicted octanol–water partition coefficient (Wildman–Crippen LogP) is 0.828. The van der Waals surface area contributed by atoms with E-state index in [1.807, 2.05) is 6.20 Å². The Bertz CT molecular complexity index is 481. The Hall–Kier alpha value is -1.40. The summed E-state index contributed by atoms with van der Waals surface area (Å²) in [4.78, 5) is 19.5. The summed E-state index contributed by atoms with van der Waals surface area (Å²) in [5, 5.41) is 6.74. The second kappa shape index (κ2) is 7.93. The van der Waals surface area contributed by atoms with Crippen molar-refractivity contribution in [3.05, 3.63) is 18.0 Å². The summed E-state index contributed by atoms with van der Waals surface area (Å²) in [7, 11) is 2.19. The van der Waals surface area contributed by atoms with Gasteiger partial charge in [0, 0.05) is 58.4 Å². The molecule has 0 aliphatic carbocycles. The van der Waals surface area contributed by atoms with Crippen LogP contribution in [0.4, 0.5) is 0 Å². The predicted molar refractivity (Wildman–Crippen MR) is 90.1 cm³/mol. The first-order chi connectivity index (χ1) is 11.2. The molecule has 0 unspecified atom stereocenters. The molecule has 3 heterocycles. The molecule has 0 aromatic carbocycles. The number of piperazine rings is 1. The van der Waals surface area contributed by atoms with Crippen molar-refractivity contribution in [2.45, 2.75) is 25.7 Å². The van der Waals surface area contributed by atoms with Gasteiger partial charge in [-0.05, 0) is 37.8 Å². The normalized spacial score (nSPS) is 24.0. The lowest BCUT2D eigenvalue weighted by Crippen LogP contribution is -2.49. The maximum absolute atomic E-state index is 12.4. The highest BCUT2D eigenvalue weighted by Crippen LogP contribution is 2.19. The number of carbonyl (C=O) groups excluding carboxylic acids is 1. The van der Waals surface area contributed by atoms with Crippen molar-refractivity contribution in [3.8, 4) is 0 Å². The number of hydrogen-bond acceptors (Lipinski definition) is 4. The van der Waals surface area contributed by atoms with Crippen LogP contribution >= 0.6 is 0 Å². The van der Waals surface area contributed by atoms with Crippen molar-refractivity contribution in [1.82, 2.24) is 24.9 Å². The standard InChI is InChI=1S/C17H29N5O/c1-20-7-9-21(10-8-20)13-16-3-2-6-22(14-16)17(23)5-4-15-11-18-19-12-15/h11-12,16H,2-10,13-14H2,1H3,(H,18,19)/t16-/m0/s1. The first-order valence-corrected chi connectivity index (χ1v) is 8.87. The van der Waals surface area contributed by atoms with Gasteiger partial charge in [0.2, 0.25) is 5.91 Å². The quantitative estimate of drug-likeness (QED) is 0.873. The fraction of sp³-hybridized carbons (Fsp3) is 0.765. The zero-order valence-electron chi connectivity index (χ0n) is 14.2. The van der Waals surface area contributed by atoms with Gasteiger partial charge in [-0.3, -0.25) is 9.89 Å². The van der Waals surface area contributed by atoms with Crippen molar-refractivity contribution in [2.75, 3.05) is 52.9 Å². The fourth-order valence-electron chi connectivity index (χ4n) is 3.66. The van der Waals surface area contributed by atoms with Crippen LogP contribution in [0, 0.1) is 5.92 Å². The first-order valence-electron chi connectivity index (χ1n) is 8.87. The Labute approximate surface area is 138 Å². The van der Waals surface area contributed by atoms with E-state index in [0.717, 1.165) is 38.0 Å². The van der Waals surface area contributed by atoms with E-state index in [1.165, 1.54) is 32.6 Å². The number of hydrogen-bond donors (Lipinski definition) is 1. The van der Waals surface area contributed by atoms with E-state index in [2.05, 4.69) is 31.9 Å². The lowest BCUT2D eigenvalue weighted by atomic mass is 9.96. The maximum atomic E-state index is 12.4. The second-order valence-electron chi connectivity index (χ2n) is 7.06. The Morgan fingerprint density at radius 1 is 1.30 bits per heavy atom. The third kappa shape index (κ3) is 4.78. The van der Waals surface area contributed by atoms with E-state index < -0.39 is 0 Å². The van der Waals surface area contributed by atoms with Crippen LogP contribution in [0.1, 0.15) is 24.8 Å². The third-order valence-corrected chi connectivity index (χ3v) is 5.17. The van der Waals surface area contributed by atoms with Crippen LogP contribution < -0.4 is 0 Å². The van der Waals surface area contributed by atoms with Crippen LogP contribution in [0.5, 0.6) is 0 Å². The molecule has 1 aromatic heterocycles. The highest BCUT2D eigenvalue weighted by molar-refractivity contribution is 5.76. The number of nitrogens with zero attached hydrogens (tertiary/aromatic N) is 4. The lowest BCUT2D eigenvalue weighted by molar-refractivity contribution is -0.133. The topological polar surface area (TPSA) is 55.5 Å². The summed E-state index contributed by atoms with van der Waals surface area (Å²) >= 11 is 0. The minimum absolute atomic E-state index is 0.300. The Morgan fingerprint density at radius 3 is 2.87 bits per heavy atom. The van der Waals surface area contributed by atoms with E-state index in [-0.39, 0.29) is 0 Å². The number of likely N-dealkylation sites (N-methyl/N-ethyl adjacent to an activating group) is 1. The average molecular weight is 319 g/mol. The van der Waals surface area contributed by atoms with Gasteiger partial charge in [0.25, 0.3) is 0 Å². The molecule has 1 aromatic rings. The third-order valence-electron chi connectivity index (χ3n) is 5.17. The summed E-state index contributed by atoms with van der Waals surface area (Å²) in [6.45, 7) is 7.70. The summed E-state index contributed by atoms with van der Waals surface area (Å²) in [6.07, 6.45) is 7.47. The number of aromatic amines is 1. The molecule has 6 heteroatoms. The molecule has 1 N–H and O–H groups in total. The van der Waals surface area contributed by atoms with Crippen LogP contribution in [0.15, 0.2) is 12.4 Å². The van der Waals surface area contributed by atoms with Gasteiger partial charge in [0.05, 0.1) is 6.20 Å². The molecule has 128 valence electrons. The van der Waals surface area contributed by atoms with Gasteiger partial charge < -0.3 is 14.7 Å². The summed E-state index contributed by atoms with van der Waals surface area (Å²) in [5.41, 5.74) is 1.12. The molecule has 6 nitrogen and oxygen atoms in total. The molecule has 0 bridgehead atoms. The van der Waals surface area contributed by atoms with Gasteiger partial charge in [-0.1, -0.05) is 0 Å². The monoisotopic (exact) mass is 319 g/mol. The summed E-state index contributed by atoms with van der Waals surface area (Å²) < 4.78 is 0. The van der Waals surface area contributed by atoms with E-state index in [4.69, 9.17) is 0 Å². The number of nitrogens with one attached hydrogen (secondary N) is 1. The van der Waals surface area contributed by atoms with Gasteiger partial charge in [-0.2, -0.15) is 5.10 Å². The number of carbonyl (C=O) groups is 1. The van der Waals surface area contributed by atoms with Crippen molar-refractivity contribution < 1.29 is 4.79 Å². The van der Waals surface area contributed by atoms with Crippen LogP contribution in [-0.2, 0) is 11.2 Å². The number of piperidine rings is 1. The molecule has 2 fully saturated rings. The average Bonchev–Trinajstić information content (AvgIpc) is 3.08. The van der Waals surface area contributed by atoms with E-state index in [9.17, 15) is 4.79 Å². The van der Waals surface area contributed by atoms with E-state index >= 15 is 0 Å². The fourth-order valence-corrected chi connectivity index (χ4v) is 3.66. The number of aromatic nitrogens is 2. The van der Waals surface area contributed by atoms with Gasteiger partial charge in [-0.25, -0.2) is 0 Å². The minimum Gasteiger partial charge on any atom is -0.342 e. The summed E-state index contributed by atoms with van der Waals surface area (Å²) in [5.74, 6) is 0.944. The smallest absolute Gasteiger partial charge is 0.222 e. The largest absolute Gasteiger partial charge is 0.342 e. The Kier molecular flexibility index (Phi) is 5.67. The number of rotatable bonds is 5. The van der Waals surface area contributed by atoms with Crippen LogP contribution in [0.3, 0.4) is 0 Å². The van der Waals surface area contributed by atoms with E-state index in [0.29, 0.717) is 18.2 Å². The second-order valence-corrected chi connectivity index (χ2v) is 7.06. The molecule has 2 saturated heterocycles. The van der Waals surface area contributed by atoms with Crippen molar-refractivity contribution in [3.63, 3.8) is 0 Å². The molecule has 23 heavy (non-hydrogen) atoms. The van der Waals surface area contributed by atoms with Crippen molar-refractivity contribution >= 4 is 5.91 Å². The SMILES string of the molecule is CN1CCN(C[C@@H]2CCCN(C(=O)CCc3cn[nH]c3)C2)CC1. The molecule has 3 rings (SSSR count). The maximum Gasteiger partial charge on any atom is 0.222 e. The Balaban J connectivity index is 1.43. The van der Waals surface area contributed by atoms with Crippen molar-refractivity contribution in [1.29, 1.82) is 0 Å². The highest BCUT2D eigenvalue weighted by atomic mass is 16.2. The molecule has 2 aliphatic rings. The molecule has 1 amide bonds. The molecular weight excluding hydrogens is 290 g/mol. The van der Waals surface area contributed by atoms with Gasteiger partial charge in [0.15, 0.2) is 0 Å². The molecule has 0 saturated carbocycles. The molecule has 0 radical (unpaired) electrons. The number of likely N-dealkylation sites (tertiary alicyclic amines) is 1. The molecule has 2 aliphatic heterocycles.